The molecular formula is C54H70ClN9O12S. The SMILES string of the molecule is CC(C)CC(NC(=O)CCNC(=O)OC(C)(C)C)C(=O)OCC(COc1ccc(-c2c(C#N)c(N)nc(SCc3coc(-c4ccc(Cl)cc4)n3)c2C#N)cc1)OC(O)C(CC(C)C)NC(=O)CCNC(=O)OC(C)(C)C. The second-order valence-electron chi connectivity index (χ2n) is 20.6. The van der Waals surface area contributed by atoms with E-state index < -0.39 is 72.3 Å². The summed E-state index contributed by atoms with van der Waals surface area (Å²) >= 11 is 7.22. The standard InChI is InChI=1S/C54H70ClN9O12S/c1-31(2)23-41(62-43(65)19-21-59-51(69)75-53(5,6)7)49(67)73-29-38(74-50(68)42(24-32(3)4)63-44(66)20-22-60-52(70)76-54(8,9)10)28-71-37-17-13-33(14-18-37)45-39(25-56)46(58)64-48(40(45)26-57)77-30-36-27-72-47(61-36)34-11-15-35(55)16-12-34/h11-18,27,31-32,38,41-42,50,68H,19-24,28-30H2,1-10H3,(H2,58,64)(H,59,69)(H,60,70)(H,62,65)(H,63,66). The fourth-order valence-corrected chi connectivity index (χ4v) is 8.20. The maximum Gasteiger partial charge on any atom is 0.407 e. The summed E-state index contributed by atoms with van der Waals surface area (Å²) in [5.74, 6) is -1.12. The van der Waals surface area contributed by atoms with E-state index in [9.17, 15) is 39.6 Å². The van der Waals surface area contributed by atoms with Gasteiger partial charge in [-0.2, -0.15) is 10.5 Å². The number of anilines is 1. The van der Waals surface area contributed by atoms with Crippen LogP contribution in [-0.2, 0) is 39.1 Å². The zero-order valence-electron chi connectivity index (χ0n) is 45.1. The van der Waals surface area contributed by atoms with Crippen molar-refractivity contribution in [1.82, 2.24) is 31.2 Å². The maximum absolute atomic E-state index is 13.7. The molecule has 0 fully saturated rings. The van der Waals surface area contributed by atoms with E-state index in [2.05, 4.69) is 43.4 Å². The van der Waals surface area contributed by atoms with Crippen molar-refractivity contribution in [3.8, 4) is 40.5 Å². The van der Waals surface area contributed by atoms with Crippen molar-refractivity contribution in [3.63, 3.8) is 0 Å². The van der Waals surface area contributed by atoms with Crippen LogP contribution in [0.4, 0.5) is 15.4 Å². The predicted molar refractivity (Wildman–Crippen MR) is 288 cm³/mol. The lowest BCUT2D eigenvalue weighted by molar-refractivity contribution is -0.183. The Hall–Kier alpha value is -7.11. The number of hydrogen-bond acceptors (Lipinski definition) is 18. The molecule has 0 bridgehead atoms. The largest absolute Gasteiger partial charge is 0.491 e. The first-order chi connectivity index (χ1) is 36.2. The van der Waals surface area contributed by atoms with Gasteiger partial charge in [-0.25, -0.2) is 24.4 Å². The van der Waals surface area contributed by atoms with Crippen LogP contribution < -0.4 is 31.7 Å². The lowest BCUT2D eigenvalue weighted by Gasteiger charge is -2.29. The number of hydrogen-bond donors (Lipinski definition) is 6. The fraction of sp³-hybridized carbons (Fsp3) is 0.500. The van der Waals surface area contributed by atoms with Crippen LogP contribution in [0, 0.1) is 34.5 Å². The number of oxazole rings is 1. The molecule has 416 valence electrons. The van der Waals surface area contributed by atoms with Gasteiger partial charge >= 0.3 is 18.2 Å². The first kappa shape index (κ1) is 62.4. The number of carbonyl (C=O) groups excluding carboxylic acids is 5. The number of pyridine rings is 1. The number of esters is 1. The first-order valence-electron chi connectivity index (χ1n) is 25.0. The number of rotatable bonds is 26. The molecule has 0 saturated carbocycles. The number of carbonyl (C=O) groups is 5. The Labute approximate surface area is 458 Å². The molecule has 0 aliphatic rings. The highest BCUT2D eigenvalue weighted by Gasteiger charge is 2.30. The van der Waals surface area contributed by atoms with Crippen molar-refractivity contribution >= 4 is 59.2 Å². The molecular weight excluding hydrogens is 1030 g/mol. The maximum atomic E-state index is 13.7. The number of ether oxygens (including phenoxy) is 5. The summed E-state index contributed by atoms with van der Waals surface area (Å²) in [4.78, 5) is 73.1. The summed E-state index contributed by atoms with van der Waals surface area (Å²) < 4.78 is 34.1. The van der Waals surface area contributed by atoms with Crippen molar-refractivity contribution in [2.24, 2.45) is 11.8 Å². The molecule has 0 spiro atoms. The van der Waals surface area contributed by atoms with Gasteiger partial charge in [0.1, 0.15) is 77.1 Å². The summed E-state index contributed by atoms with van der Waals surface area (Å²) in [5, 5.41) is 43.6. The fourth-order valence-electron chi connectivity index (χ4n) is 7.20. The van der Waals surface area contributed by atoms with Crippen molar-refractivity contribution in [3.05, 3.63) is 76.6 Å². The van der Waals surface area contributed by atoms with E-state index in [1.54, 1.807) is 90.1 Å². The third-order valence-corrected chi connectivity index (χ3v) is 11.8. The number of aliphatic hydroxyl groups excluding tert-OH is 1. The number of aliphatic hydroxyl groups is 1. The van der Waals surface area contributed by atoms with Crippen LogP contribution in [0.1, 0.15) is 112 Å². The number of amides is 4. The van der Waals surface area contributed by atoms with E-state index >= 15 is 0 Å². The summed E-state index contributed by atoms with van der Waals surface area (Å²) in [7, 11) is 0. The van der Waals surface area contributed by atoms with Crippen LogP contribution in [0.25, 0.3) is 22.6 Å². The quantitative estimate of drug-likeness (QED) is 0.0149. The smallest absolute Gasteiger partial charge is 0.407 e. The Kier molecular flexibility index (Phi) is 23.9. The number of nitrogens with two attached hydrogens (primary N) is 1. The summed E-state index contributed by atoms with van der Waals surface area (Å²) in [6.07, 6.45) is -2.58. The van der Waals surface area contributed by atoms with Gasteiger partial charge in [-0.3, -0.25) is 9.59 Å². The van der Waals surface area contributed by atoms with Gasteiger partial charge in [-0.15, -0.1) is 0 Å². The van der Waals surface area contributed by atoms with Crippen LogP contribution in [0.5, 0.6) is 5.75 Å². The monoisotopic (exact) mass is 1100 g/mol. The van der Waals surface area contributed by atoms with Crippen molar-refractivity contribution in [2.45, 2.75) is 141 Å². The minimum absolute atomic E-state index is 0.0120. The number of alkyl carbamates (subject to hydrolysis) is 2. The van der Waals surface area contributed by atoms with E-state index in [-0.39, 0.29) is 96.3 Å². The summed E-state index contributed by atoms with van der Waals surface area (Å²) in [5.41, 5.74) is 6.90. The minimum Gasteiger partial charge on any atom is -0.491 e. The topological polar surface area (TPSA) is 312 Å². The van der Waals surface area contributed by atoms with E-state index in [1.807, 2.05) is 27.7 Å². The number of benzene rings is 2. The van der Waals surface area contributed by atoms with Crippen molar-refractivity contribution in [1.29, 1.82) is 10.5 Å². The van der Waals surface area contributed by atoms with Crippen molar-refractivity contribution < 1.29 is 57.2 Å². The molecule has 2 heterocycles. The average molecular weight is 1100 g/mol. The number of halogens is 1. The second-order valence-corrected chi connectivity index (χ2v) is 22.0. The Morgan fingerprint density at radius 2 is 1.34 bits per heavy atom. The molecule has 0 aliphatic heterocycles. The van der Waals surface area contributed by atoms with Gasteiger partial charge in [-0.05, 0) is 108 Å². The molecule has 4 aromatic rings. The van der Waals surface area contributed by atoms with Gasteiger partial charge in [0, 0.05) is 47.8 Å². The Balaban J connectivity index is 1.54. The van der Waals surface area contributed by atoms with Gasteiger partial charge in [-0.1, -0.05) is 63.2 Å². The Morgan fingerprint density at radius 1 is 0.779 bits per heavy atom. The predicted octanol–water partition coefficient (Wildman–Crippen LogP) is 8.19. The average Bonchev–Trinajstić information content (AvgIpc) is 3.81. The highest BCUT2D eigenvalue weighted by molar-refractivity contribution is 7.98. The molecule has 0 saturated heterocycles. The van der Waals surface area contributed by atoms with Gasteiger partial charge in [0.15, 0.2) is 6.29 Å². The number of nitrogens with zero attached hydrogens (tertiary/aromatic N) is 4. The molecule has 23 heteroatoms. The lowest BCUT2D eigenvalue weighted by atomic mass is 9.97. The van der Waals surface area contributed by atoms with Crippen LogP contribution in [0.15, 0.2) is 64.2 Å². The molecule has 21 nitrogen and oxygen atoms in total. The molecule has 4 atom stereocenters. The number of aromatic nitrogens is 2. The van der Waals surface area contributed by atoms with Gasteiger partial charge in [0.2, 0.25) is 17.7 Å². The first-order valence-corrected chi connectivity index (χ1v) is 26.3. The lowest BCUT2D eigenvalue weighted by Crippen LogP contribution is -2.49. The zero-order valence-corrected chi connectivity index (χ0v) is 46.7. The number of nitriles is 2. The van der Waals surface area contributed by atoms with Gasteiger partial charge in [0.25, 0.3) is 0 Å². The highest BCUT2D eigenvalue weighted by atomic mass is 35.5. The number of nitrogens with one attached hydrogen (secondary N) is 4. The normalized spacial score (nSPS) is 13.0. The molecule has 4 unspecified atom stereocenters. The zero-order chi connectivity index (χ0) is 57.0. The van der Waals surface area contributed by atoms with Crippen LogP contribution in [-0.4, -0.2) is 107 Å². The van der Waals surface area contributed by atoms with Crippen LogP contribution >= 0.6 is 23.4 Å². The third-order valence-electron chi connectivity index (χ3n) is 10.5. The third kappa shape index (κ3) is 21.8. The summed E-state index contributed by atoms with van der Waals surface area (Å²) in [6.45, 7) is 16.8. The molecule has 2 aromatic carbocycles. The molecule has 2 aromatic heterocycles. The molecule has 4 amide bonds. The molecule has 77 heavy (non-hydrogen) atoms. The van der Waals surface area contributed by atoms with E-state index in [1.165, 1.54) is 18.0 Å². The Bertz CT molecular complexity index is 2710. The minimum atomic E-state index is -1.66. The van der Waals surface area contributed by atoms with E-state index in [0.29, 0.717) is 22.2 Å². The van der Waals surface area contributed by atoms with Crippen LogP contribution in [0.3, 0.4) is 0 Å². The van der Waals surface area contributed by atoms with Crippen LogP contribution in [0.2, 0.25) is 5.02 Å². The second kappa shape index (κ2) is 29.4. The molecule has 7 N–H and O–H groups in total. The molecule has 0 radical (unpaired) electrons. The van der Waals surface area contributed by atoms with E-state index in [0.717, 1.165) is 5.56 Å². The highest BCUT2D eigenvalue weighted by Crippen LogP contribution is 2.37. The van der Waals surface area contributed by atoms with Gasteiger partial charge in [0.05, 0.1) is 17.3 Å². The number of thioether (sulfide) groups is 1. The Morgan fingerprint density at radius 3 is 1.88 bits per heavy atom. The number of nitrogen functional groups attached to an aromatic ring is 1. The van der Waals surface area contributed by atoms with Crippen molar-refractivity contribution in [2.75, 3.05) is 32.0 Å². The molecule has 4 rings (SSSR count). The molecule has 0 aliphatic carbocycles. The summed E-state index contributed by atoms with van der Waals surface area (Å²) in [6, 6.07) is 15.6. The van der Waals surface area contributed by atoms with Gasteiger partial charge < -0.3 is 60.2 Å². The van der Waals surface area contributed by atoms with E-state index in [4.69, 9.17) is 45.4 Å².